The average Bonchev–Trinajstić information content (AvgIpc) is 3.08. The Labute approximate surface area is 153 Å². The molecule has 27 heavy (non-hydrogen) atoms. The second kappa shape index (κ2) is 6.92. The van der Waals surface area contributed by atoms with E-state index in [0.717, 1.165) is 36.8 Å². The van der Waals surface area contributed by atoms with E-state index in [0.29, 0.717) is 18.2 Å². The van der Waals surface area contributed by atoms with Gasteiger partial charge in [0.25, 0.3) is 0 Å². The van der Waals surface area contributed by atoms with Crippen LogP contribution in [0.3, 0.4) is 0 Å². The third-order valence-corrected chi connectivity index (χ3v) is 4.89. The lowest BCUT2D eigenvalue weighted by molar-refractivity contribution is -0.137. The van der Waals surface area contributed by atoms with Crippen molar-refractivity contribution in [2.45, 2.75) is 31.5 Å². The molecule has 1 aliphatic heterocycles. The van der Waals surface area contributed by atoms with Gasteiger partial charge in [-0.15, -0.1) is 0 Å². The Morgan fingerprint density at radius 2 is 2.00 bits per heavy atom. The van der Waals surface area contributed by atoms with Crippen LogP contribution in [0.4, 0.5) is 17.6 Å². The van der Waals surface area contributed by atoms with Crippen LogP contribution in [0.25, 0.3) is 5.65 Å². The fraction of sp³-hybridized carbons (Fsp3) is 0.368. The molecule has 0 saturated carbocycles. The van der Waals surface area contributed by atoms with Gasteiger partial charge in [0.1, 0.15) is 5.82 Å². The number of fused-ring (bicyclic) bond motifs is 1. The van der Waals surface area contributed by atoms with Gasteiger partial charge in [-0.05, 0) is 55.3 Å². The van der Waals surface area contributed by atoms with Crippen molar-refractivity contribution in [3.63, 3.8) is 0 Å². The number of aromatic nitrogens is 3. The van der Waals surface area contributed by atoms with Crippen LogP contribution in [0.5, 0.6) is 0 Å². The van der Waals surface area contributed by atoms with Crippen LogP contribution >= 0.6 is 0 Å². The van der Waals surface area contributed by atoms with Gasteiger partial charge in [-0.2, -0.15) is 18.3 Å². The first-order valence-electron chi connectivity index (χ1n) is 8.78. The highest BCUT2D eigenvalue weighted by atomic mass is 19.4. The summed E-state index contributed by atoms with van der Waals surface area (Å²) in [5.74, 6) is -0.679. The summed E-state index contributed by atoms with van der Waals surface area (Å²) in [7, 11) is 0. The highest BCUT2D eigenvalue weighted by Crippen LogP contribution is 2.31. The summed E-state index contributed by atoms with van der Waals surface area (Å²) < 4.78 is 54.1. The minimum absolute atomic E-state index is 0.182. The standard InChI is InChI=1S/C19H18F4N4/c20-16-9-13(8-15(10-16)19(21,22)23)11-26-6-1-2-14(12-26)17-3-4-18-24-5-7-27(18)25-17/h3-5,7-10,14H,1-2,6,11-12H2/t14-/m1/s1. The highest BCUT2D eigenvalue weighted by Gasteiger charge is 2.31. The molecule has 4 rings (SSSR count). The van der Waals surface area contributed by atoms with Gasteiger partial charge in [-0.1, -0.05) is 0 Å². The predicted molar refractivity (Wildman–Crippen MR) is 91.6 cm³/mol. The molecule has 8 heteroatoms. The van der Waals surface area contributed by atoms with Crippen molar-refractivity contribution in [3.05, 3.63) is 65.4 Å². The number of hydrogen-bond acceptors (Lipinski definition) is 3. The maximum Gasteiger partial charge on any atom is 0.416 e. The van der Waals surface area contributed by atoms with Crippen LogP contribution in [0.2, 0.25) is 0 Å². The molecule has 0 radical (unpaired) electrons. The number of benzene rings is 1. The molecule has 0 spiro atoms. The van der Waals surface area contributed by atoms with Crippen LogP contribution in [0.1, 0.15) is 35.6 Å². The maximum absolute atomic E-state index is 13.6. The van der Waals surface area contributed by atoms with Crippen LogP contribution < -0.4 is 0 Å². The largest absolute Gasteiger partial charge is 0.416 e. The summed E-state index contributed by atoms with van der Waals surface area (Å²) in [6.45, 7) is 1.72. The Morgan fingerprint density at radius 1 is 1.15 bits per heavy atom. The second-order valence-electron chi connectivity index (χ2n) is 6.91. The Balaban J connectivity index is 1.51. The van der Waals surface area contributed by atoms with Crippen molar-refractivity contribution < 1.29 is 17.6 Å². The molecule has 0 unspecified atom stereocenters. The minimum Gasteiger partial charge on any atom is -0.298 e. The quantitative estimate of drug-likeness (QED) is 0.639. The molecule has 3 aromatic rings. The molecule has 0 bridgehead atoms. The van der Waals surface area contributed by atoms with Crippen molar-refractivity contribution in [1.29, 1.82) is 0 Å². The van der Waals surface area contributed by atoms with Crippen LogP contribution in [0.15, 0.2) is 42.7 Å². The summed E-state index contributed by atoms with van der Waals surface area (Å²) >= 11 is 0. The number of rotatable bonds is 3. The van der Waals surface area contributed by atoms with Crippen molar-refractivity contribution in [2.24, 2.45) is 0 Å². The average molecular weight is 378 g/mol. The Morgan fingerprint density at radius 3 is 2.81 bits per heavy atom. The molecular formula is C19H18F4N4. The molecule has 3 heterocycles. The normalized spacial score (nSPS) is 18.9. The van der Waals surface area contributed by atoms with E-state index < -0.39 is 17.6 Å². The van der Waals surface area contributed by atoms with Crippen molar-refractivity contribution in [1.82, 2.24) is 19.5 Å². The summed E-state index contributed by atoms with van der Waals surface area (Å²) in [4.78, 5) is 6.23. The van der Waals surface area contributed by atoms with Crippen LogP contribution in [0, 0.1) is 5.82 Å². The molecule has 1 atom stereocenters. The van der Waals surface area contributed by atoms with Crippen molar-refractivity contribution in [2.75, 3.05) is 13.1 Å². The molecule has 2 aromatic heterocycles. The van der Waals surface area contributed by atoms with Gasteiger partial charge >= 0.3 is 6.18 Å². The van der Waals surface area contributed by atoms with Crippen LogP contribution in [-0.4, -0.2) is 32.6 Å². The van der Waals surface area contributed by atoms with Gasteiger partial charge in [0.15, 0.2) is 5.65 Å². The van der Waals surface area contributed by atoms with Gasteiger partial charge < -0.3 is 0 Å². The molecule has 4 nitrogen and oxygen atoms in total. The number of alkyl halides is 3. The third kappa shape index (κ3) is 3.95. The number of hydrogen-bond donors (Lipinski definition) is 0. The van der Waals surface area contributed by atoms with E-state index in [2.05, 4.69) is 15.0 Å². The zero-order chi connectivity index (χ0) is 19.0. The lowest BCUT2D eigenvalue weighted by Crippen LogP contribution is -2.34. The van der Waals surface area contributed by atoms with Crippen LogP contribution in [-0.2, 0) is 12.7 Å². The Kier molecular flexibility index (Phi) is 4.59. The van der Waals surface area contributed by atoms with Gasteiger partial charge in [-0.3, -0.25) is 4.90 Å². The molecule has 142 valence electrons. The van der Waals surface area contributed by atoms with Gasteiger partial charge in [0.2, 0.25) is 0 Å². The molecule has 1 aliphatic rings. The van der Waals surface area contributed by atoms with Crippen molar-refractivity contribution >= 4 is 5.65 Å². The van der Waals surface area contributed by atoms with E-state index in [9.17, 15) is 17.6 Å². The zero-order valence-electron chi connectivity index (χ0n) is 14.5. The topological polar surface area (TPSA) is 33.4 Å². The van der Waals surface area contributed by atoms with E-state index >= 15 is 0 Å². The number of imidazole rings is 1. The van der Waals surface area contributed by atoms with E-state index in [1.807, 2.05) is 12.1 Å². The first-order chi connectivity index (χ1) is 12.9. The van der Waals surface area contributed by atoms with Gasteiger partial charge in [0, 0.05) is 31.4 Å². The molecule has 1 fully saturated rings. The van der Waals surface area contributed by atoms with Crippen molar-refractivity contribution in [3.8, 4) is 0 Å². The van der Waals surface area contributed by atoms with E-state index in [-0.39, 0.29) is 12.5 Å². The summed E-state index contributed by atoms with van der Waals surface area (Å²) in [6, 6.07) is 6.59. The van der Waals surface area contributed by atoms with Gasteiger partial charge in [-0.25, -0.2) is 13.9 Å². The lowest BCUT2D eigenvalue weighted by atomic mass is 9.94. The van der Waals surface area contributed by atoms with E-state index in [4.69, 9.17) is 0 Å². The third-order valence-electron chi connectivity index (χ3n) is 4.89. The fourth-order valence-corrected chi connectivity index (χ4v) is 3.65. The highest BCUT2D eigenvalue weighted by molar-refractivity contribution is 5.37. The minimum atomic E-state index is -4.55. The summed E-state index contributed by atoms with van der Waals surface area (Å²) in [6.07, 6.45) is 0.786. The number of halogens is 4. The SMILES string of the molecule is Fc1cc(CN2CCC[C@@H](c3ccc4nccn4n3)C2)cc(C(F)(F)F)c1. The van der Waals surface area contributed by atoms with Gasteiger partial charge in [0.05, 0.1) is 11.3 Å². The molecule has 1 saturated heterocycles. The zero-order valence-corrected chi connectivity index (χ0v) is 14.5. The molecule has 0 N–H and O–H groups in total. The number of nitrogens with zero attached hydrogens (tertiary/aromatic N) is 4. The predicted octanol–water partition coefficient (Wildman–Crippen LogP) is 4.27. The Hall–Kier alpha value is -2.48. The number of likely N-dealkylation sites (tertiary alicyclic amines) is 1. The summed E-state index contributed by atoms with van der Waals surface area (Å²) in [5, 5.41) is 4.58. The second-order valence-corrected chi connectivity index (χ2v) is 6.91. The molecule has 0 aliphatic carbocycles. The fourth-order valence-electron chi connectivity index (χ4n) is 3.65. The Bertz CT molecular complexity index is 950. The maximum atomic E-state index is 13.6. The lowest BCUT2D eigenvalue weighted by Gasteiger charge is -2.32. The molecule has 0 amide bonds. The van der Waals surface area contributed by atoms with E-state index in [1.165, 1.54) is 6.07 Å². The van der Waals surface area contributed by atoms with E-state index in [1.54, 1.807) is 16.9 Å². The molecule has 1 aromatic carbocycles. The molecular weight excluding hydrogens is 360 g/mol. The monoisotopic (exact) mass is 378 g/mol. The summed E-state index contributed by atoms with van der Waals surface area (Å²) in [5.41, 5.74) is 1.09. The smallest absolute Gasteiger partial charge is 0.298 e. The first-order valence-corrected chi connectivity index (χ1v) is 8.78. The number of piperidine rings is 1. The first kappa shape index (κ1) is 17.9.